The monoisotopic (exact) mass is 259 g/mol. The van der Waals surface area contributed by atoms with Crippen molar-refractivity contribution in [1.29, 1.82) is 0 Å². The second-order valence-corrected chi connectivity index (χ2v) is 4.89. The molecule has 0 bridgehead atoms. The summed E-state index contributed by atoms with van der Waals surface area (Å²) in [7, 11) is 1.84. The van der Waals surface area contributed by atoms with E-state index in [1.54, 1.807) is 4.90 Å². The molecule has 19 heavy (non-hydrogen) atoms. The SMILES string of the molecule is CCC(CN)C(=O)N(C)Cc1c[nH]c2ccccc12. The van der Waals surface area contributed by atoms with Crippen molar-refractivity contribution >= 4 is 16.8 Å². The molecular weight excluding hydrogens is 238 g/mol. The number of rotatable bonds is 5. The van der Waals surface area contributed by atoms with Crippen molar-refractivity contribution in [3.63, 3.8) is 0 Å². The lowest BCUT2D eigenvalue weighted by Crippen LogP contribution is -2.35. The lowest BCUT2D eigenvalue weighted by molar-refractivity contribution is -0.134. The van der Waals surface area contributed by atoms with E-state index < -0.39 is 0 Å². The summed E-state index contributed by atoms with van der Waals surface area (Å²) in [5, 5.41) is 1.17. The first-order valence-corrected chi connectivity index (χ1v) is 6.67. The fourth-order valence-electron chi connectivity index (χ4n) is 2.35. The first-order valence-electron chi connectivity index (χ1n) is 6.67. The minimum Gasteiger partial charge on any atom is -0.361 e. The van der Waals surface area contributed by atoms with Gasteiger partial charge in [0.2, 0.25) is 5.91 Å². The van der Waals surface area contributed by atoms with Crippen LogP contribution in [0.1, 0.15) is 18.9 Å². The van der Waals surface area contributed by atoms with E-state index in [1.807, 2.05) is 38.4 Å². The van der Waals surface area contributed by atoms with Crippen molar-refractivity contribution in [3.05, 3.63) is 36.0 Å². The molecule has 0 saturated carbocycles. The van der Waals surface area contributed by atoms with Crippen LogP contribution in [0.3, 0.4) is 0 Å². The molecule has 2 rings (SSSR count). The molecule has 0 radical (unpaired) electrons. The quantitative estimate of drug-likeness (QED) is 0.864. The smallest absolute Gasteiger partial charge is 0.226 e. The minimum absolute atomic E-state index is 0.0739. The van der Waals surface area contributed by atoms with Crippen LogP contribution in [-0.4, -0.2) is 29.4 Å². The minimum atomic E-state index is -0.0739. The fourth-order valence-corrected chi connectivity index (χ4v) is 2.35. The summed E-state index contributed by atoms with van der Waals surface area (Å²) in [4.78, 5) is 17.2. The molecule has 1 atom stereocenters. The van der Waals surface area contributed by atoms with E-state index in [-0.39, 0.29) is 11.8 Å². The van der Waals surface area contributed by atoms with Crippen molar-refractivity contribution < 1.29 is 4.79 Å². The summed E-state index contributed by atoms with van der Waals surface area (Å²) in [5.74, 6) is 0.0467. The maximum Gasteiger partial charge on any atom is 0.226 e. The molecule has 0 spiro atoms. The van der Waals surface area contributed by atoms with Gasteiger partial charge in [0.1, 0.15) is 0 Å². The van der Waals surface area contributed by atoms with E-state index in [0.717, 1.165) is 17.5 Å². The van der Waals surface area contributed by atoms with Gasteiger partial charge in [0.15, 0.2) is 0 Å². The molecule has 0 aliphatic rings. The molecule has 1 aromatic heterocycles. The molecule has 2 aromatic rings. The van der Waals surface area contributed by atoms with Crippen LogP contribution in [-0.2, 0) is 11.3 Å². The molecule has 0 fully saturated rings. The number of para-hydroxylation sites is 1. The Bertz CT molecular complexity index is 557. The molecule has 1 unspecified atom stereocenters. The number of hydrogen-bond donors (Lipinski definition) is 2. The summed E-state index contributed by atoms with van der Waals surface area (Å²) in [6.07, 6.45) is 2.76. The van der Waals surface area contributed by atoms with Gasteiger partial charge in [0.25, 0.3) is 0 Å². The number of carbonyl (C=O) groups is 1. The maximum absolute atomic E-state index is 12.2. The van der Waals surface area contributed by atoms with Crippen LogP contribution in [0.4, 0.5) is 0 Å². The standard InChI is InChI=1S/C15H21N3O/c1-3-11(8-16)15(19)18(2)10-12-9-17-14-7-5-4-6-13(12)14/h4-7,9,11,17H,3,8,10,16H2,1-2H3. The Labute approximate surface area is 113 Å². The predicted octanol–water partition coefficient (Wildman–Crippen LogP) is 2.11. The van der Waals surface area contributed by atoms with Crippen LogP contribution in [0.25, 0.3) is 10.9 Å². The highest BCUT2D eigenvalue weighted by atomic mass is 16.2. The van der Waals surface area contributed by atoms with Gasteiger partial charge in [0.05, 0.1) is 5.92 Å². The second kappa shape index (κ2) is 5.89. The Morgan fingerprint density at radius 3 is 2.84 bits per heavy atom. The number of carbonyl (C=O) groups excluding carboxylic acids is 1. The van der Waals surface area contributed by atoms with Gasteiger partial charge in [0, 0.05) is 37.2 Å². The van der Waals surface area contributed by atoms with E-state index >= 15 is 0 Å². The number of nitrogens with two attached hydrogens (primary N) is 1. The van der Waals surface area contributed by atoms with Crippen LogP contribution < -0.4 is 5.73 Å². The molecule has 0 aliphatic heterocycles. The van der Waals surface area contributed by atoms with Crippen molar-refractivity contribution in [2.45, 2.75) is 19.9 Å². The lowest BCUT2D eigenvalue weighted by Gasteiger charge is -2.21. The Balaban J connectivity index is 2.14. The third kappa shape index (κ3) is 2.79. The molecule has 0 aliphatic carbocycles. The van der Waals surface area contributed by atoms with Crippen LogP contribution in [0.2, 0.25) is 0 Å². The summed E-state index contributed by atoms with van der Waals surface area (Å²) >= 11 is 0. The fraction of sp³-hybridized carbons (Fsp3) is 0.400. The number of hydrogen-bond acceptors (Lipinski definition) is 2. The van der Waals surface area contributed by atoms with E-state index in [1.165, 1.54) is 5.39 Å². The molecule has 102 valence electrons. The summed E-state index contributed by atoms with van der Waals surface area (Å²) in [6, 6.07) is 8.12. The van der Waals surface area contributed by atoms with Gasteiger partial charge in [-0.15, -0.1) is 0 Å². The van der Waals surface area contributed by atoms with Crippen molar-refractivity contribution in [3.8, 4) is 0 Å². The van der Waals surface area contributed by atoms with Gasteiger partial charge in [-0.25, -0.2) is 0 Å². The van der Waals surface area contributed by atoms with E-state index in [4.69, 9.17) is 5.73 Å². The molecular formula is C15H21N3O. The van der Waals surface area contributed by atoms with Gasteiger partial charge in [-0.05, 0) is 18.1 Å². The zero-order valence-corrected chi connectivity index (χ0v) is 11.5. The maximum atomic E-state index is 12.2. The molecule has 1 amide bonds. The van der Waals surface area contributed by atoms with Crippen LogP contribution in [0.5, 0.6) is 0 Å². The van der Waals surface area contributed by atoms with Crippen molar-refractivity contribution in [1.82, 2.24) is 9.88 Å². The van der Waals surface area contributed by atoms with Gasteiger partial charge < -0.3 is 15.6 Å². The van der Waals surface area contributed by atoms with Crippen LogP contribution in [0.15, 0.2) is 30.5 Å². The summed E-state index contributed by atoms with van der Waals surface area (Å²) < 4.78 is 0. The average molecular weight is 259 g/mol. The largest absolute Gasteiger partial charge is 0.361 e. The Hall–Kier alpha value is -1.81. The number of benzene rings is 1. The van der Waals surface area contributed by atoms with E-state index in [0.29, 0.717) is 13.1 Å². The highest BCUT2D eigenvalue weighted by molar-refractivity contribution is 5.84. The third-order valence-electron chi connectivity index (χ3n) is 3.59. The normalized spacial score (nSPS) is 12.6. The zero-order valence-electron chi connectivity index (χ0n) is 11.5. The Morgan fingerprint density at radius 2 is 2.16 bits per heavy atom. The van der Waals surface area contributed by atoms with Crippen molar-refractivity contribution in [2.24, 2.45) is 11.7 Å². The van der Waals surface area contributed by atoms with Gasteiger partial charge in [-0.1, -0.05) is 25.1 Å². The highest BCUT2D eigenvalue weighted by Crippen LogP contribution is 2.19. The number of aromatic nitrogens is 1. The van der Waals surface area contributed by atoms with Gasteiger partial charge in [-0.2, -0.15) is 0 Å². The summed E-state index contributed by atoms with van der Waals surface area (Å²) in [6.45, 7) is 3.02. The number of nitrogens with one attached hydrogen (secondary N) is 1. The number of H-pyrrole nitrogens is 1. The van der Waals surface area contributed by atoms with Crippen LogP contribution in [0, 0.1) is 5.92 Å². The van der Waals surface area contributed by atoms with Gasteiger partial charge in [-0.3, -0.25) is 4.79 Å². The number of nitrogens with zero attached hydrogens (tertiary/aromatic N) is 1. The molecule has 3 N–H and O–H groups in total. The topological polar surface area (TPSA) is 62.1 Å². The highest BCUT2D eigenvalue weighted by Gasteiger charge is 2.19. The van der Waals surface area contributed by atoms with Crippen LogP contribution >= 0.6 is 0 Å². The van der Waals surface area contributed by atoms with E-state index in [9.17, 15) is 4.79 Å². The zero-order chi connectivity index (χ0) is 13.8. The first-order chi connectivity index (χ1) is 9.17. The second-order valence-electron chi connectivity index (χ2n) is 4.89. The van der Waals surface area contributed by atoms with E-state index in [2.05, 4.69) is 11.1 Å². The molecule has 1 aromatic carbocycles. The first kappa shape index (κ1) is 13.6. The molecule has 0 saturated heterocycles. The summed E-state index contributed by atoms with van der Waals surface area (Å²) in [5.41, 5.74) is 7.87. The lowest BCUT2D eigenvalue weighted by atomic mass is 10.1. The van der Waals surface area contributed by atoms with Gasteiger partial charge >= 0.3 is 0 Å². The molecule has 4 heteroatoms. The Morgan fingerprint density at radius 1 is 1.42 bits per heavy atom. The molecule has 4 nitrogen and oxygen atoms in total. The van der Waals surface area contributed by atoms with Crippen molar-refractivity contribution in [2.75, 3.05) is 13.6 Å². The number of fused-ring (bicyclic) bond motifs is 1. The number of amides is 1. The average Bonchev–Trinajstić information content (AvgIpc) is 2.83. The number of aromatic amines is 1. The Kier molecular flexibility index (Phi) is 4.22. The third-order valence-corrected chi connectivity index (χ3v) is 3.59. The predicted molar refractivity (Wildman–Crippen MR) is 77.6 cm³/mol. The molecule has 1 heterocycles.